The number of amides is 1. The standard InChI is InChI=1S/C17H26N4O2S/c1-12-10-14(20-3)11-13(2)15(12)4-9-24(23)21-7-5-17(19,6-8-21)16(18)22/h4,9-11,20H,5-8,19H2,1-3H3,(H2,18,22)/b9-4+/t24-/m0/s1. The number of anilines is 1. The number of hydrogen-bond donors (Lipinski definition) is 3. The summed E-state index contributed by atoms with van der Waals surface area (Å²) in [5.41, 5.74) is 14.7. The molecule has 7 heteroatoms. The summed E-state index contributed by atoms with van der Waals surface area (Å²) in [5, 5.41) is 4.82. The van der Waals surface area contributed by atoms with Gasteiger partial charge in [-0.1, -0.05) is 0 Å². The third-order valence-corrected chi connectivity index (χ3v) is 5.84. The van der Waals surface area contributed by atoms with Crippen molar-refractivity contribution in [2.24, 2.45) is 11.5 Å². The van der Waals surface area contributed by atoms with Crippen LogP contribution in [-0.2, 0) is 16.2 Å². The Balaban J connectivity index is 2.04. The van der Waals surface area contributed by atoms with Gasteiger partial charge in [0, 0.05) is 25.8 Å². The lowest BCUT2D eigenvalue weighted by Crippen LogP contribution is -2.58. The van der Waals surface area contributed by atoms with Crippen LogP contribution in [0.15, 0.2) is 17.5 Å². The molecule has 0 unspecified atom stereocenters. The van der Waals surface area contributed by atoms with E-state index in [0.29, 0.717) is 25.9 Å². The van der Waals surface area contributed by atoms with Gasteiger partial charge in [0.25, 0.3) is 0 Å². The van der Waals surface area contributed by atoms with Crippen molar-refractivity contribution >= 4 is 29.0 Å². The summed E-state index contributed by atoms with van der Waals surface area (Å²) in [7, 11) is 1.89. The molecule has 5 N–H and O–H groups in total. The van der Waals surface area contributed by atoms with Crippen LogP contribution in [0.3, 0.4) is 0 Å². The van der Waals surface area contributed by atoms with E-state index < -0.39 is 22.8 Å². The Bertz CT molecular complexity index is 616. The molecule has 0 spiro atoms. The van der Waals surface area contributed by atoms with Gasteiger partial charge < -0.3 is 21.3 Å². The maximum absolute atomic E-state index is 12.5. The fraction of sp³-hybridized carbons (Fsp3) is 0.471. The Hall–Kier alpha value is -1.54. The van der Waals surface area contributed by atoms with E-state index in [1.54, 1.807) is 5.41 Å². The van der Waals surface area contributed by atoms with E-state index in [4.69, 9.17) is 11.5 Å². The number of primary amides is 1. The van der Waals surface area contributed by atoms with Crippen LogP contribution in [0.1, 0.15) is 29.5 Å². The van der Waals surface area contributed by atoms with Crippen LogP contribution in [0.25, 0.3) is 6.08 Å². The summed E-state index contributed by atoms with van der Waals surface area (Å²) in [6.45, 7) is 5.06. The van der Waals surface area contributed by atoms with Gasteiger partial charge in [0.1, 0.15) is 5.41 Å². The minimum absolute atomic E-state index is 0.427. The van der Waals surface area contributed by atoms with E-state index in [1.807, 2.05) is 31.3 Å². The molecule has 1 aromatic carbocycles. The first-order valence-electron chi connectivity index (χ1n) is 7.98. The smallest absolute Gasteiger partial charge is 0.237 e. The number of nitrogens with zero attached hydrogens (tertiary/aromatic N) is 1. The Morgan fingerprint density at radius 2 is 1.88 bits per heavy atom. The van der Waals surface area contributed by atoms with Gasteiger partial charge in [-0.15, -0.1) is 4.31 Å². The van der Waals surface area contributed by atoms with Gasteiger partial charge in [-0.3, -0.25) is 4.79 Å². The summed E-state index contributed by atoms with van der Waals surface area (Å²) in [6, 6.07) is 4.12. The summed E-state index contributed by atoms with van der Waals surface area (Å²) in [4.78, 5) is 11.4. The van der Waals surface area contributed by atoms with Crippen molar-refractivity contribution in [1.82, 2.24) is 4.31 Å². The normalized spacial score (nSPS) is 19.4. The number of carbonyl (C=O) groups is 1. The molecule has 0 saturated carbocycles. The second kappa shape index (κ2) is 7.57. The quantitative estimate of drug-likeness (QED) is 0.693. The minimum atomic E-state index is -1.25. The van der Waals surface area contributed by atoms with Crippen LogP contribution in [-0.4, -0.2) is 40.4 Å². The monoisotopic (exact) mass is 350 g/mol. The Morgan fingerprint density at radius 1 is 1.33 bits per heavy atom. The molecule has 1 aliphatic heterocycles. The van der Waals surface area contributed by atoms with Crippen molar-refractivity contribution in [2.75, 3.05) is 25.5 Å². The number of benzene rings is 1. The van der Waals surface area contributed by atoms with Crippen LogP contribution < -0.4 is 16.8 Å². The third kappa shape index (κ3) is 4.10. The van der Waals surface area contributed by atoms with Gasteiger partial charge in [-0.25, -0.2) is 0 Å². The number of rotatable bonds is 5. The lowest BCUT2D eigenvalue weighted by Gasteiger charge is -2.35. The molecule has 0 bridgehead atoms. The lowest BCUT2D eigenvalue weighted by molar-refractivity contribution is -0.124. The lowest BCUT2D eigenvalue weighted by atomic mass is 9.89. The molecule has 1 saturated heterocycles. The minimum Gasteiger partial charge on any atom is -0.593 e. The third-order valence-electron chi connectivity index (χ3n) is 4.59. The van der Waals surface area contributed by atoms with E-state index in [2.05, 4.69) is 17.4 Å². The van der Waals surface area contributed by atoms with Crippen molar-refractivity contribution in [3.05, 3.63) is 34.2 Å². The molecular weight excluding hydrogens is 324 g/mol. The first kappa shape index (κ1) is 18.8. The van der Waals surface area contributed by atoms with Gasteiger partial charge in [-0.05, 0) is 61.6 Å². The highest BCUT2D eigenvalue weighted by atomic mass is 32.2. The fourth-order valence-corrected chi connectivity index (χ4v) is 3.87. The summed E-state index contributed by atoms with van der Waals surface area (Å²) >= 11 is -1.25. The zero-order valence-corrected chi connectivity index (χ0v) is 15.3. The Kier molecular flexibility index (Phi) is 5.92. The predicted octanol–water partition coefficient (Wildman–Crippen LogP) is 1.26. The summed E-state index contributed by atoms with van der Waals surface area (Å²) in [5.74, 6) is -0.487. The molecule has 1 amide bonds. The molecule has 132 valence electrons. The van der Waals surface area contributed by atoms with E-state index in [1.165, 1.54) is 0 Å². The molecule has 1 heterocycles. The number of nitrogens with one attached hydrogen (secondary N) is 1. The SMILES string of the molecule is CNc1cc(C)c(/C=C/[S@+]([O-])N2CCC(N)(C(N)=O)CC2)c(C)c1. The fourth-order valence-electron chi connectivity index (χ4n) is 2.91. The van der Waals surface area contributed by atoms with Gasteiger partial charge in [0.2, 0.25) is 5.91 Å². The molecule has 1 aromatic rings. The Labute approximate surface area is 146 Å². The van der Waals surface area contributed by atoms with E-state index in [9.17, 15) is 9.35 Å². The predicted molar refractivity (Wildman–Crippen MR) is 99.6 cm³/mol. The van der Waals surface area contributed by atoms with Gasteiger partial charge in [0.05, 0.1) is 16.9 Å². The van der Waals surface area contributed by atoms with Crippen LogP contribution in [0, 0.1) is 13.8 Å². The largest absolute Gasteiger partial charge is 0.593 e. The van der Waals surface area contributed by atoms with Crippen LogP contribution in [0.5, 0.6) is 0 Å². The number of nitrogens with two attached hydrogens (primary N) is 2. The van der Waals surface area contributed by atoms with Crippen LogP contribution in [0.4, 0.5) is 5.69 Å². The molecule has 0 radical (unpaired) electrons. The van der Waals surface area contributed by atoms with E-state index >= 15 is 0 Å². The average Bonchev–Trinajstić information content (AvgIpc) is 2.54. The van der Waals surface area contributed by atoms with Crippen LogP contribution in [0.2, 0.25) is 0 Å². The zero-order chi connectivity index (χ0) is 17.9. The highest BCUT2D eigenvalue weighted by Gasteiger charge is 2.38. The molecule has 1 fully saturated rings. The van der Waals surface area contributed by atoms with Crippen molar-refractivity contribution in [1.29, 1.82) is 0 Å². The van der Waals surface area contributed by atoms with Crippen molar-refractivity contribution in [3.63, 3.8) is 0 Å². The van der Waals surface area contributed by atoms with Gasteiger partial charge in [-0.2, -0.15) is 0 Å². The van der Waals surface area contributed by atoms with Crippen molar-refractivity contribution < 1.29 is 9.35 Å². The topological polar surface area (TPSA) is 107 Å². The van der Waals surface area contributed by atoms with Crippen molar-refractivity contribution in [3.8, 4) is 0 Å². The second-order valence-corrected chi connectivity index (χ2v) is 7.64. The molecule has 1 aliphatic rings. The first-order valence-corrected chi connectivity index (χ1v) is 9.15. The summed E-state index contributed by atoms with van der Waals surface area (Å²) in [6.07, 6.45) is 2.76. The zero-order valence-electron chi connectivity index (χ0n) is 14.5. The second-order valence-electron chi connectivity index (χ2n) is 6.30. The molecule has 24 heavy (non-hydrogen) atoms. The highest BCUT2D eigenvalue weighted by molar-refractivity contribution is 7.92. The number of carbonyl (C=O) groups excluding carboxylic acids is 1. The summed E-state index contributed by atoms with van der Waals surface area (Å²) < 4.78 is 14.3. The first-order chi connectivity index (χ1) is 11.3. The van der Waals surface area contributed by atoms with Gasteiger partial charge in [0.15, 0.2) is 0 Å². The number of hydrogen-bond acceptors (Lipinski definition) is 5. The number of piperidine rings is 1. The number of aryl methyl sites for hydroxylation is 2. The molecule has 0 aromatic heterocycles. The van der Waals surface area contributed by atoms with E-state index in [0.717, 1.165) is 22.4 Å². The van der Waals surface area contributed by atoms with E-state index in [-0.39, 0.29) is 0 Å². The molecule has 0 aliphatic carbocycles. The average molecular weight is 350 g/mol. The molecule has 1 atom stereocenters. The maximum atomic E-state index is 12.5. The van der Waals surface area contributed by atoms with Gasteiger partial charge >= 0.3 is 0 Å². The Morgan fingerprint density at radius 3 is 2.33 bits per heavy atom. The molecule has 2 rings (SSSR count). The molecular formula is C17H26N4O2S. The van der Waals surface area contributed by atoms with Crippen molar-refractivity contribution in [2.45, 2.75) is 32.2 Å². The maximum Gasteiger partial charge on any atom is 0.237 e. The van der Waals surface area contributed by atoms with Crippen LogP contribution >= 0.6 is 0 Å². The molecule has 6 nitrogen and oxygen atoms in total. The highest BCUT2D eigenvalue weighted by Crippen LogP contribution is 2.24.